The molecule has 0 radical (unpaired) electrons. The van der Waals surface area contributed by atoms with Crippen LogP contribution in [0.2, 0.25) is 0 Å². The van der Waals surface area contributed by atoms with E-state index in [1.54, 1.807) is 36.4 Å². The fourth-order valence-corrected chi connectivity index (χ4v) is 4.64. The SMILES string of the molecule is CC(C(=O)Nc1nnc(SCc2ccc(F)cc2)s1)N1C(=O)c2ccccc2C1=O. The quantitative estimate of drug-likeness (QED) is 0.356. The monoisotopic (exact) mass is 442 g/mol. The van der Waals surface area contributed by atoms with Crippen molar-refractivity contribution in [3.05, 3.63) is 71.0 Å². The molecular weight excluding hydrogens is 427 g/mol. The van der Waals surface area contributed by atoms with Crippen molar-refractivity contribution in [2.75, 3.05) is 5.32 Å². The highest BCUT2D eigenvalue weighted by atomic mass is 32.2. The van der Waals surface area contributed by atoms with Crippen molar-refractivity contribution < 1.29 is 18.8 Å². The lowest BCUT2D eigenvalue weighted by Crippen LogP contribution is -2.45. The second kappa shape index (κ2) is 8.33. The number of carbonyl (C=O) groups excluding carboxylic acids is 3. The van der Waals surface area contributed by atoms with E-state index < -0.39 is 23.8 Å². The van der Waals surface area contributed by atoms with E-state index in [1.165, 1.54) is 42.2 Å². The first kappa shape index (κ1) is 20.2. The number of hydrogen-bond acceptors (Lipinski definition) is 7. The van der Waals surface area contributed by atoms with Gasteiger partial charge in [0.25, 0.3) is 11.8 Å². The Labute approximate surface area is 179 Å². The number of benzene rings is 2. The topological polar surface area (TPSA) is 92.3 Å². The third kappa shape index (κ3) is 3.96. The smallest absolute Gasteiger partial charge is 0.262 e. The maximum absolute atomic E-state index is 13.0. The summed E-state index contributed by atoms with van der Waals surface area (Å²) in [5.74, 6) is -1.24. The van der Waals surface area contributed by atoms with Gasteiger partial charge in [0.1, 0.15) is 11.9 Å². The molecule has 1 unspecified atom stereocenters. The highest BCUT2D eigenvalue weighted by Gasteiger charge is 2.40. The standard InChI is InChI=1S/C20H15FN4O3S2/c1-11(25-17(27)14-4-2-3-5-15(14)18(25)28)16(26)22-19-23-24-20(30-19)29-10-12-6-8-13(21)9-7-12/h2-9,11H,10H2,1H3,(H,22,23,26). The Morgan fingerprint density at radius 3 is 2.37 bits per heavy atom. The number of amides is 3. The molecule has 30 heavy (non-hydrogen) atoms. The Kier molecular flexibility index (Phi) is 5.60. The second-order valence-corrected chi connectivity index (χ2v) is 8.68. The summed E-state index contributed by atoms with van der Waals surface area (Å²) in [5, 5.41) is 10.8. The number of aromatic nitrogens is 2. The van der Waals surface area contributed by atoms with Crippen molar-refractivity contribution in [2.45, 2.75) is 23.1 Å². The van der Waals surface area contributed by atoms with Crippen LogP contribution in [-0.4, -0.2) is 38.9 Å². The van der Waals surface area contributed by atoms with Gasteiger partial charge in [-0.25, -0.2) is 4.39 Å². The molecule has 0 bridgehead atoms. The molecule has 1 atom stereocenters. The first-order valence-electron chi connectivity index (χ1n) is 8.92. The first-order valence-corrected chi connectivity index (χ1v) is 10.7. The average molecular weight is 442 g/mol. The number of anilines is 1. The van der Waals surface area contributed by atoms with Crippen LogP contribution in [-0.2, 0) is 10.5 Å². The molecule has 4 rings (SSSR count). The average Bonchev–Trinajstić information content (AvgIpc) is 3.30. The second-order valence-electron chi connectivity index (χ2n) is 6.48. The predicted molar refractivity (Wildman–Crippen MR) is 111 cm³/mol. The Morgan fingerprint density at radius 2 is 1.73 bits per heavy atom. The Morgan fingerprint density at radius 1 is 1.10 bits per heavy atom. The molecule has 2 heterocycles. The Balaban J connectivity index is 1.38. The zero-order valence-corrected chi connectivity index (χ0v) is 17.3. The van der Waals surface area contributed by atoms with Gasteiger partial charge in [-0.05, 0) is 36.8 Å². The number of nitrogens with one attached hydrogen (secondary N) is 1. The molecule has 0 fully saturated rings. The van der Waals surface area contributed by atoms with Crippen LogP contribution in [0.4, 0.5) is 9.52 Å². The molecule has 0 saturated carbocycles. The van der Waals surface area contributed by atoms with Gasteiger partial charge < -0.3 is 0 Å². The molecule has 3 amide bonds. The summed E-state index contributed by atoms with van der Waals surface area (Å²) in [5.41, 5.74) is 1.51. The van der Waals surface area contributed by atoms with Gasteiger partial charge in [-0.15, -0.1) is 10.2 Å². The molecule has 7 nitrogen and oxygen atoms in total. The van der Waals surface area contributed by atoms with Gasteiger partial charge in [0, 0.05) is 5.75 Å². The van der Waals surface area contributed by atoms with E-state index in [4.69, 9.17) is 0 Å². The van der Waals surface area contributed by atoms with E-state index >= 15 is 0 Å². The molecule has 1 aliphatic rings. The van der Waals surface area contributed by atoms with Gasteiger partial charge in [0.2, 0.25) is 11.0 Å². The van der Waals surface area contributed by atoms with E-state index in [9.17, 15) is 18.8 Å². The summed E-state index contributed by atoms with van der Waals surface area (Å²) in [6.07, 6.45) is 0. The van der Waals surface area contributed by atoms with E-state index in [1.807, 2.05) is 0 Å². The summed E-state index contributed by atoms with van der Waals surface area (Å²) in [6, 6.07) is 11.6. The number of fused-ring (bicyclic) bond motifs is 1. The third-order valence-electron chi connectivity index (χ3n) is 4.50. The molecular formula is C20H15FN4O3S2. The van der Waals surface area contributed by atoms with Crippen molar-refractivity contribution in [2.24, 2.45) is 0 Å². The number of thioether (sulfide) groups is 1. The maximum Gasteiger partial charge on any atom is 0.262 e. The van der Waals surface area contributed by atoms with Crippen LogP contribution in [0.5, 0.6) is 0 Å². The van der Waals surface area contributed by atoms with Crippen LogP contribution >= 0.6 is 23.1 Å². The van der Waals surface area contributed by atoms with Crippen molar-refractivity contribution >= 4 is 46.0 Å². The zero-order valence-electron chi connectivity index (χ0n) is 15.7. The molecule has 152 valence electrons. The molecule has 0 spiro atoms. The fourth-order valence-electron chi connectivity index (χ4n) is 2.93. The molecule has 0 saturated heterocycles. The summed E-state index contributed by atoms with van der Waals surface area (Å²) in [7, 11) is 0. The number of imide groups is 1. The van der Waals surface area contributed by atoms with Gasteiger partial charge in [-0.1, -0.05) is 47.4 Å². The number of halogens is 1. The van der Waals surface area contributed by atoms with Crippen molar-refractivity contribution in [1.29, 1.82) is 0 Å². The number of hydrogen-bond donors (Lipinski definition) is 1. The molecule has 2 aromatic carbocycles. The third-order valence-corrected chi connectivity index (χ3v) is 6.55. The summed E-state index contributed by atoms with van der Waals surface area (Å²) < 4.78 is 13.6. The number of nitrogens with zero attached hydrogens (tertiary/aromatic N) is 3. The van der Waals surface area contributed by atoms with Gasteiger partial charge in [-0.2, -0.15) is 0 Å². The van der Waals surface area contributed by atoms with Crippen molar-refractivity contribution in [1.82, 2.24) is 15.1 Å². The molecule has 1 aliphatic heterocycles. The van der Waals surface area contributed by atoms with Crippen LogP contribution in [0, 0.1) is 5.82 Å². The Bertz CT molecular complexity index is 1100. The minimum absolute atomic E-state index is 0.269. The lowest BCUT2D eigenvalue weighted by atomic mass is 10.1. The van der Waals surface area contributed by atoms with Gasteiger partial charge in [-0.3, -0.25) is 24.6 Å². The van der Waals surface area contributed by atoms with Gasteiger partial charge in [0.15, 0.2) is 4.34 Å². The van der Waals surface area contributed by atoms with Crippen LogP contribution in [0.15, 0.2) is 52.9 Å². The van der Waals surface area contributed by atoms with Crippen LogP contribution in [0.1, 0.15) is 33.2 Å². The summed E-state index contributed by atoms with van der Waals surface area (Å²) in [6.45, 7) is 1.49. The normalized spacial score (nSPS) is 14.0. The number of carbonyl (C=O) groups is 3. The van der Waals surface area contributed by atoms with E-state index in [-0.39, 0.29) is 22.1 Å². The van der Waals surface area contributed by atoms with E-state index in [2.05, 4.69) is 15.5 Å². The van der Waals surface area contributed by atoms with E-state index in [0.717, 1.165) is 10.5 Å². The highest BCUT2D eigenvalue weighted by molar-refractivity contribution is 8.00. The van der Waals surface area contributed by atoms with Crippen molar-refractivity contribution in [3.63, 3.8) is 0 Å². The van der Waals surface area contributed by atoms with Gasteiger partial charge >= 0.3 is 0 Å². The molecule has 1 N–H and O–H groups in total. The lowest BCUT2D eigenvalue weighted by Gasteiger charge is -2.20. The first-order chi connectivity index (χ1) is 14.4. The van der Waals surface area contributed by atoms with E-state index in [0.29, 0.717) is 10.1 Å². The molecule has 3 aromatic rings. The molecule has 1 aromatic heterocycles. The Hall–Kier alpha value is -3.11. The maximum atomic E-state index is 13.0. The molecule has 0 aliphatic carbocycles. The minimum atomic E-state index is -1.00. The largest absolute Gasteiger partial charge is 0.299 e. The zero-order chi connectivity index (χ0) is 21.3. The fraction of sp³-hybridized carbons (Fsp3) is 0.150. The minimum Gasteiger partial charge on any atom is -0.299 e. The lowest BCUT2D eigenvalue weighted by molar-refractivity contribution is -0.119. The molecule has 10 heteroatoms. The summed E-state index contributed by atoms with van der Waals surface area (Å²) >= 11 is 2.58. The van der Waals surface area contributed by atoms with Crippen molar-refractivity contribution in [3.8, 4) is 0 Å². The van der Waals surface area contributed by atoms with Crippen LogP contribution in [0.25, 0.3) is 0 Å². The van der Waals surface area contributed by atoms with Crippen LogP contribution in [0.3, 0.4) is 0 Å². The summed E-state index contributed by atoms with van der Waals surface area (Å²) in [4.78, 5) is 38.6. The predicted octanol–water partition coefficient (Wildman–Crippen LogP) is 3.59. The number of rotatable bonds is 6. The highest BCUT2D eigenvalue weighted by Crippen LogP contribution is 2.29. The van der Waals surface area contributed by atoms with Gasteiger partial charge in [0.05, 0.1) is 11.1 Å². The van der Waals surface area contributed by atoms with Crippen LogP contribution < -0.4 is 5.32 Å².